The Labute approximate surface area is 123 Å². The van der Waals surface area contributed by atoms with Gasteiger partial charge in [-0.2, -0.15) is 0 Å². The van der Waals surface area contributed by atoms with Crippen LogP contribution in [0.3, 0.4) is 0 Å². The molecule has 10 heavy (non-hydrogen) atoms. The average Bonchev–Trinajstić information content (AvgIpc) is 1.25. The van der Waals surface area contributed by atoms with Crippen LogP contribution in [0.4, 0.5) is 4.79 Å². The molecular formula is CH5KNNaO6. The van der Waals surface area contributed by atoms with Crippen LogP contribution in [0.5, 0.6) is 0 Å². The fraction of sp³-hybridized carbons (Fsp3) is 0. The van der Waals surface area contributed by atoms with Gasteiger partial charge in [0.25, 0.3) is 5.09 Å². The molecule has 3 N–H and O–H groups in total. The van der Waals surface area contributed by atoms with Gasteiger partial charge in [0.05, 0.1) is 0 Å². The van der Waals surface area contributed by atoms with E-state index in [9.17, 15) is 0 Å². The molecule has 0 aromatic rings. The summed E-state index contributed by atoms with van der Waals surface area (Å²) >= 11 is 0. The van der Waals surface area contributed by atoms with Crippen LogP contribution in [-0.2, 0) is 0 Å². The summed E-state index contributed by atoms with van der Waals surface area (Å²) in [5.74, 6) is 0. The van der Waals surface area contributed by atoms with E-state index in [1.807, 2.05) is 0 Å². The molecule has 0 radical (unpaired) electrons. The second-order valence-electron chi connectivity index (χ2n) is 0.520. The number of hydrogen-bond acceptors (Lipinski definition) is 3. The summed E-state index contributed by atoms with van der Waals surface area (Å²) in [5, 5.41) is 27.6. The van der Waals surface area contributed by atoms with Gasteiger partial charge in [0.15, 0.2) is 0 Å². The molecule has 0 atom stereocenters. The van der Waals surface area contributed by atoms with E-state index in [4.69, 9.17) is 30.3 Å². The molecule has 0 aromatic heterocycles. The van der Waals surface area contributed by atoms with Crippen LogP contribution in [-0.4, -0.2) is 26.7 Å². The Morgan fingerprint density at radius 2 is 1.50 bits per heavy atom. The summed E-state index contributed by atoms with van der Waals surface area (Å²) in [6.45, 7) is 0. The summed E-state index contributed by atoms with van der Waals surface area (Å²) in [6.07, 6.45) is -1.83. The standard InChI is InChI=1S/CH2O3.K.HNO3.Na.2H/c2-1(3)4;;2-1(3)4;;;/h(H2,2,3,4);;(H,2,3,4);;;/q;+1;;+1;2*-1. The molecule has 0 aliphatic carbocycles. The largest absolute Gasteiger partial charge is 1.00 e. The zero-order valence-corrected chi connectivity index (χ0v) is 10.6. The molecule has 52 valence electrons. The van der Waals surface area contributed by atoms with Crippen molar-refractivity contribution in [2.45, 2.75) is 0 Å². The maximum Gasteiger partial charge on any atom is 1.00 e. The van der Waals surface area contributed by atoms with Crippen LogP contribution in [0.1, 0.15) is 2.85 Å². The zero-order chi connectivity index (χ0) is 7.15. The molecule has 9 heteroatoms. The monoisotopic (exact) mass is 189 g/mol. The molecule has 0 aliphatic rings. The number of hydrogen-bond donors (Lipinski definition) is 3. The fourth-order valence-electron chi connectivity index (χ4n) is 0. The third-order valence-electron chi connectivity index (χ3n) is 0. The molecule has 0 unspecified atom stereocenters. The van der Waals surface area contributed by atoms with Crippen molar-refractivity contribution in [2.75, 3.05) is 0 Å². The van der Waals surface area contributed by atoms with Crippen molar-refractivity contribution in [3.05, 3.63) is 10.1 Å². The Balaban J connectivity index is -0.0000000112. The molecule has 0 saturated carbocycles. The van der Waals surface area contributed by atoms with Crippen molar-refractivity contribution in [1.82, 2.24) is 0 Å². The minimum Gasteiger partial charge on any atom is -1.00 e. The Morgan fingerprint density at radius 1 is 1.50 bits per heavy atom. The maximum atomic E-state index is 8.56. The quantitative estimate of drug-likeness (QED) is 0.198. The van der Waals surface area contributed by atoms with Gasteiger partial charge in [-0.15, -0.1) is 10.1 Å². The molecule has 0 saturated heterocycles. The first-order valence-electron chi connectivity index (χ1n) is 1.22. The first-order valence-corrected chi connectivity index (χ1v) is 1.22. The normalized spacial score (nSPS) is 4.80. The molecule has 0 fully saturated rings. The Morgan fingerprint density at radius 3 is 1.50 bits per heavy atom. The minimum atomic E-state index is -1.83. The molecule has 0 spiro atoms. The van der Waals surface area contributed by atoms with Crippen molar-refractivity contribution in [1.29, 1.82) is 0 Å². The van der Waals surface area contributed by atoms with Gasteiger partial charge in [-0.1, -0.05) is 0 Å². The van der Waals surface area contributed by atoms with Crippen LogP contribution in [0, 0.1) is 10.1 Å². The first-order chi connectivity index (χ1) is 3.46. The van der Waals surface area contributed by atoms with Crippen LogP contribution in [0.25, 0.3) is 0 Å². The average molecular weight is 189 g/mol. The van der Waals surface area contributed by atoms with Crippen molar-refractivity contribution < 1.29 is 109 Å². The molecule has 0 aromatic carbocycles. The van der Waals surface area contributed by atoms with Gasteiger partial charge in [0.1, 0.15) is 0 Å². The van der Waals surface area contributed by atoms with E-state index in [0.717, 1.165) is 0 Å². The van der Waals surface area contributed by atoms with Gasteiger partial charge in [-0.05, 0) is 0 Å². The van der Waals surface area contributed by atoms with E-state index < -0.39 is 11.2 Å². The molecule has 0 heterocycles. The molecule has 0 aliphatic heterocycles. The number of rotatable bonds is 0. The van der Waals surface area contributed by atoms with E-state index in [0.29, 0.717) is 0 Å². The van der Waals surface area contributed by atoms with Crippen LogP contribution >= 0.6 is 0 Å². The van der Waals surface area contributed by atoms with Gasteiger partial charge >= 0.3 is 87.1 Å². The van der Waals surface area contributed by atoms with Crippen molar-refractivity contribution >= 4 is 6.16 Å². The van der Waals surface area contributed by atoms with Crippen molar-refractivity contribution in [2.24, 2.45) is 0 Å². The third-order valence-corrected chi connectivity index (χ3v) is 0. The smallest absolute Gasteiger partial charge is 1.00 e. The van der Waals surface area contributed by atoms with Gasteiger partial charge in [0, 0.05) is 0 Å². The third kappa shape index (κ3) is 489. The second kappa shape index (κ2) is 16.6. The van der Waals surface area contributed by atoms with Crippen molar-refractivity contribution in [3.63, 3.8) is 0 Å². The van der Waals surface area contributed by atoms with Crippen LogP contribution in [0.15, 0.2) is 0 Å². The van der Waals surface area contributed by atoms with Gasteiger partial charge in [-0.25, -0.2) is 4.79 Å². The second-order valence-corrected chi connectivity index (χ2v) is 0.520. The SMILES string of the molecule is O=C(O)O.O=[N+]([O-])O.[H-].[H-].[K+].[Na+]. The Bertz CT molecular complexity index is 83.5. The summed E-state index contributed by atoms with van der Waals surface area (Å²) < 4.78 is 0. The number of carbonyl (C=O) groups is 1. The summed E-state index contributed by atoms with van der Waals surface area (Å²) in [6, 6.07) is 0. The van der Waals surface area contributed by atoms with Gasteiger partial charge < -0.3 is 18.3 Å². The number of nitrogens with zero attached hydrogens (tertiary/aromatic N) is 1. The molecule has 7 nitrogen and oxygen atoms in total. The Kier molecular flexibility index (Phi) is 37.3. The minimum absolute atomic E-state index is 0. The van der Waals surface area contributed by atoms with E-state index in [1.165, 1.54) is 0 Å². The van der Waals surface area contributed by atoms with E-state index >= 15 is 0 Å². The molecule has 0 rings (SSSR count). The maximum absolute atomic E-state index is 8.56. The Hall–Kier alpha value is 1.11. The van der Waals surface area contributed by atoms with E-state index in [-0.39, 0.29) is 83.8 Å². The first kappa shape index (κ1) is 22.5. The summed E-state index contributed by atoms with van der Waals surface area (Å²) in [4.78, 5) is 16.9. The van der Waals surface area contributed by atoms with Gasteiger partial charge in [-0.3, -0.25) is 0 Å². The predicted molar refractivity (Wildman–Crippen MR) is 21.7 cm³/mol. The van der Waals surface area contributed by atoms with Crippen LogP contribution in [0.2, 0.25) is 0 Å². The zero-order valence-electron chi connectivity index (χ0n) is 7.51. The topological polar surface area (TPSA) is 121 Å². The number of carboxylic acid groups (broad SMARTS) is 2. The van der Waals surface area contributed by atoms with Crippen molar-refractivity contribution in [3.8, 4) is 0 Å². The molecule has 0 amide bonds. The predicted octanol–water partition coefficient (Wildman–Crippen LogP) is -5.89. The van der Waals surface area contributed by atoms with E-state index in [1.54, 1.807) is 0 Å². The summed E-state index contributed by atoms with van der Waals surface area (Å²) in [5.41, 5.74) is 0. The molecule has 0 bridgehead atoms. The van der Waals surface area contributed by atoms with Gasteiger partial charge in [0.2, 0.25) is 0 Å². The van der Waals surface area contributed by atoms with Crippen LogP contribution < -0.4 is 80.9 Å². The summed E-state index contributed by atoms with van der Waals surface area (Å²) in [7, 11) is 0. The molecular weight excluding hydrogens is 184 g/mol. The van der Waals surface area contributed by atoms with E-state index in [2.05, 4.69) is 0 Å². The fourth-order valence-corrected chi connectivity index (χ4v) is 0.